The van der Waals surface area contributed by atoms with Crippen molar-refractivity contribution >= 4 is 21.8 Å². The maximum Gasteiger partial charge on any atom is 0.140 e. The first-order valence-corrected chi connectivity index (χ1v) is 16.1. The highest BCUT2D eigenvalue weighted by molar-refractivity contribution is 6.09. The third-order valence-electron chi connectivity index (χ3n) is 9.32. The van der Waals surface area contributed by atoms with Gasteiger partial charge in [-0.2, -0.15) is 5.10 Å². The number of halogens is 1. The molecule has 3 heterocycles. The number of aryl methyl sites for hydroxylation is 2. The molecular weight excluding hydrogens is 559 g/mol. The van der Waals surface area contributed by atoms with Crippen molar-refractivity contribution < 1.29 is 9.13 Å². The summed E-state index contributed by atoms with van der Waals surface area (Å²) in [4.78, 5) is 4.50. The van der Waals surface area contributed by atoms with Crippen molar-refractivity contribution in [2.45, 2.75) is 66.2 Å². The molecule has 3 aromatic heterocycles. The number of fused-ring (bicyclic) bond motifs is 3. The topological polar surface area (TPSA) is 44.9 Å². The summed E-state index contributed by atoms with van der Waals surface area (Å²) in [5, 5.41) is 7.35. The molecule has 1 aliphatic rings. The SMILES string of the molecule is CCc1nn(-c2cc(C)cc(Oc3ccc4c5ccccc5n(-c5cc(F)ccn5)c4c3)c2)c(CC)c1C1C(C)=CCC[C@@H]1C. The van der Waals surface area contributed by atoms with Crippen molar-refractivity contribution in [2.24, 2.45) is 5.92 Å². The Labute approximate surface area is 264 Å². The molecule has 0 bridgehead atoms. The molecule has 0 N–H and O–H groups in total. The van der Waals surface area contributed by atoms with Crippen molar-refractivity contribution in [3.8, 4) is 23.0 Å². The van der Waals surface area contributed by atoms with E-state index in [2.05, 4.69) is 80.7 Å². The first kappa shape index (κ1) is 29.0. The molecule has 2 atom stereocenters. The number of aromatic nitrogens is 4. The average Bonchev–Trinajstić information content (AvgIpc) is 3.56. The quantitative estimate of drug-likeness (QED) is 0.172. The van der Waals surface area contributed by atoms with E-state index < -0.39 is 0 Å². The monoisotopic (exact) mass is 598 g/mol. The first-order chi connectivity index (χ1) is 21.9. The molecule has 1 unspecified atom stereocenters. The Bertz CT molecular complexity index is 2080. The number of hydrogen-bond donors (Lipinski definition) is 0. The van der Waals surface area contributed by atoms with Crippen LogP contribution in [-0.2, 0) is 12.8 Å². The highest BCUT2D eigenvalue weighted by Gasteiger charge is 2.31. The van der Waals surface area contributed by atoms with Gasteiger partial charge in [0.25, 0.3) is 0 Å². The van der Waals surface area contributed by atoms with E-state index in [-0.39, 0.29) is 5.82 Å². The predicted molar refractivity (Wildman–Crippen MR) is 181 cm³/mol. The van der Waals surface area contributed by atoms with Crippen LogP contribution in [0.15, 0.2) is 90.6 Å². The Hall–Kier alpha value is -4.71. The minimum absolute atomic E-state index is 0.325. The van der Waals surface area contributed by atoms with Crippen LogP contribution >= 0.6 is 0 Å². The van der Waals surface area contributed by atoms with Crippen LogP contribution in [0.3, 0.4) is 0 Å². The summed E-state index contributed by atoms with van der Waals surface area (Å²) in [6.45, 7) is 11.2. The summed E-state index contributed by atoms with van der Waals surface area (Å²) in [7, 11) is 0. The maximum atomic E-state index is 14.3. The second kappa shape index (κ2) is 11.7. The molecule has 1 aliphatic carbocycles. The van der Waals surface area contributed by atoms with Crippen molar-refractivity contribution in [1.29, 1.82) is 0 Å². The highest BCUT2D eigenvalue weighted by atomic mass is 19.1. The molecular formula is C39H39FN4O. The first-order valence-electron chi connectivity index (χ1n) is 16.1. The van der Waals surface area contributed by atoms with Crippen molar-refractivity contribution in [3.63, 3.8) is 0 Å². The fourth-order valence-corrected chi connectivity index (χ4v) is 7.34. The van der Waals surface area contributed by atoms with Crippen LogP contribution in [0.25, 0.3) is 33.3 Å². The Morgan fingerprint density at radius 2 is 1.71 bits per heavy atom. The van der Waals surface area contributed by atoms with Crippen molar-refractivity contribution in [1.82, 2.24) is 19.3 Å². The van der Waals surface area contributed by atoms with Gasteiger partial charge in [0.15, 0.2) is 0 Å². The smallest absolute Gasteiger partial charge is 0.140 e. The predicted octanol–water partition coefficient (Wildman–Crippen LogP) is 10.2. The van der Waals surface area contributed by atoms with Gasteiger partial charge in [-0.15, -0.1) is 0 Å². The fourth-order valence-electron chi connectivity index (χ4n) is 7.34. The van der Waals surface area contributed by atoms with Gasteiger partial charge in [0, 0.05) is 52.3 Å². The molecule has 0 radical (unpaired) electrons. The van der Waals surface area contributed by atoms with Gasteiger partial charge in [-0.05, 0) is 87.4 Å². The molecule has 6 aromatic rings. The molecule has 6 heteroatoms. The summed E-state index contributed by atoms with van der Waals surface area (Å²) >= 11 is 0. The van der Waals surface area contributed by atoms with Crippen LogP contribution in [0, 0.1) is 18.7 Å². The van der Waals surface area contributed by atoms with Crippen LogP contribution in [0.1, 0.15) is 69.0 Å². The van der Waals surface area contributed by atoms with Gasteiger partial charge in [0.1, 0.15) is 23.1 Å². The number of ether oxygens (including phenoxy) is 1. The summed E-state index contributed by atoms with van der Waals surface area (Å²) in [6.07, 6.45) is 8.08. The number of hydrogen-bond acceptors (Lipinski definition) is 3. The van der Waals surface area contributed by atoms with Gasteiger partial charge in [-0.25, -0.2) is 14.1 Å². The molecule has 0 fully saturated rings. The number of benzene rings is 3. The van der Waals surface area contributed by atoms with E-state index in [4.69, 9.17) is 9.84 Å². The molecule has 45 heavy (non-hydrogen) atoms. The lowest BCUT2D eigenvalue weighted by molar-refractivity contribution is 0.446. The van der Waals surface area contributed by atoms with Crippen molar-refractivity contribution in [3.05, 3.63) is 119 Å². The second-order valence-electron chi connectivity index (χ2n) is 12.4. The minimum Gasteiger partial charge on any atom is -0.457 e. The molecule has 5 nitrogen and oxygen atoms in total. The Balaban J connectivity index is 1.31. The normalized spacial score (nSPS) is 16.8. The van der Waals surface area contributed by atoms with Crippen LogP contribution in [0.2, 0.25) is 0 Å². The van der Waals surface area contributed by atoms with E-state index in [1.807, 2.05) is 34.9 Å². The lowest BCUT2D eigenvalue weighted by Crippen LogP contribution is -2.17. The average molecular weight is 599 g/mol. The zero-order chi connectivity index (χ0) is 31.2. The van der Waals surface area contributed by atoms with Gasteiger partial charge in [-0.1, -0.05) is 50.6 Å². The van der Waals surface area contributed by atoms with E-state index in [0.717, 1.165) is 58.1 Å². The van der Waals surface area contributed by atoms with Gasteiger partial charge in [0.2, 0.25) is 0 Å². The number of pyridine rings is 1. The molecule has 0 aliphatic heterocycles. The number of rotatable bonds is 7. The zero-order valence-corrected chi connectivity index (χ0v) is 26.6. The van der Waals surface area contributed by atoms with Gasteiger partial charge in [-0.3, -0.25) is 4.57 Å². The highest BCUT2D eigenvalue weighted by Crippen LogP contribution is 2.42. The van der Waals surface area contributed by atoms with Crippen LogP contribution in [0.4, 0.5) is 4.39 Å². The number of nitrogens with zero attached hydrogens (tertiary/aromatic N) is 4. The summed E-state index contributed by atoms with van der Waals surface area (Å²) in [6, 6.07) is 23.4. The summed E-state index contributed by atoms with van der Waals surface area (Å²) in [5.74, 6) is 2.64. The van der Waals surface area contributed by atoms with Gasteiger partial charge < -0.3 is 4.74 Å². The standard InChI is InChI=1S/C39H39FN4O/c1-6-33-39(38-25(4)11-10-12-26(38)5)34(7-2)44(42-33)28-19-24(3)20-30(22-28)45-29-15-16-32-31-13-8-9-14-35(31)43(36(32)23-29)37-21-27(40)17-18-41-37/h8-9,11,13-23,26,38H,6-7,10,12H2,1-5H3/t26-,38?/m0/s1. The van der Waals surface area contributed by atoms with E-state index in [0.29, 0.717) is 23.4 Å². The molecule has 0 spiro atoms. The lowest BCUT2D eigenvalue weighted by atomic mass is 9.74. The van der Waals surface area contributed by atoms with Crippen molar-refractivity contribution in [2.75, 3.05) is 0 Å². The van der Waals surface area contributed by atoms with Gasteiger partial charge >= 0.3 is 0 Å². The van der Waals surface area contributed by atoms with Gasteiger partial charge in [0.05, 0.1) is 22.4 Å². The third-order valence-corrected chi connectivity index (χ3v) is 9.32. The largest absolute Gasteiger partial charge is 0.457 e. The fraction of sp³-hybridized carbons (Fsp3) is 0.282. The lowest BCUT2D eigenvalue weighted by Gasteiger charge is -2.30. The number of para-hydroxylation sites is 1. The van der Waals surface area contributed by atoms with Crippen LogP contribution < -0.4 is 4.74 Å². The van der Waals surface area contributed by atoms with E-state index >= 15 is 0 Å². The van der Waals surface area contributed by atoms with Crippen LogP contribution in [-0.4, -0.2) is 19.3 Å². The summed E-state index contributed by atoms with van der Waals surface area (Å²) < 4.78 is 25.0. The van der Waals surface area contributed by atoms with E-state index in [1.54, 1.807) is 0 Å². The number of allylic oxidation sites excluding steroid dienone is 2. The third kappa shape index (κ3) is 5.12. The molecule has 3 aromatic carbocycles. The maximum absolute atomic E-state index is 14.3. The van der Waals surface area contributed by atoms with E-state index in [1.165, 1.54) is 47.3 Å². The molecule has 0 saturated heterocycles. The summed E-state index contributed by atoms with van der Waals surface area (Å²) in [5.41, 5.74) is 9.32. The van der Waals surface area contributed by atoms with Crippen LogP contribution in [0.5, 0.6) is 11.5 Å². The molecule has 0 amide bonds. The molecule has 228 valence electrons. The zero-order valence-electron chi connectivity index (χ0n) is 26.6. The minimum atomic E-state index is -0.325. The Morgan fingerprint density at radius 1 is 0.889 bits per heavy atom. The van der Waals surface area contributed by atoms with E-state index in [9.17, 15) is 4.39 Å². The Morgan fingerprint density at radius 3 is 2.49 bits per heavy atom. The Kier molecular flexibility index (Phi) is 7.52. The second-order valence-corrected chi connectivity index (χ2v) is 12.4. The molecule has 0 saturated carbocycles. The molecule has 7 rings (SSSR count).